The lowest BCUT2D eigenvalue weighted by Gasteiger charge is -2.38. The Morgan fingerprint density at radius 1 is 1.25 bits per heavy atom. The minimum absolute atomic E-state index is 0.157. The molecule has 0 aromatic carbocycles. The summed E-state index contributed by atoms with van der Waals surface area (Å²) >= 11 is 0. The fourth-order valence-corrected chi connectivity index (χ4v) is 3.00. The quantitative estimate of drug-likeness (QED) is 0.554. The third-order valence-corrected chi connectivity index (χ3v) is 8.85. The Labute approximate surface area is 101 Å². The molecular formula is C13H26O2Si. The van der Waals surface area contributed by atoms with Crippen LogP contribution in [0.3, 0.4) is 0 Å². The first kappa shape index (κ1) is 13.9. The van der Waals surface area contributed by atoms with Crippen LogP contribution in [0.1, 0.15) is 46.5 Å². The molecule has 0 unspecified atom stereocenters. The normalized spacial score (nSPS) is 21.1. The van der Waals surface area contributed by atoms with Gasteiger partial charge in [-0.1, -0.05) is 33.6 Å². The van der Waals surface area contributed by atoms with Crippen molar-refractivity contribution in [2.24, 2.45) is 5.41 Å². The molecule has 0 N–H and O–H groups in total. The van der Waals surface area contributed by atoms with E-state index >= 15 is 0 Å². The molecule has 0 spiro atoms. The Hall–Kier alpha value is -0.153. The second kappa shape index (κ2) is 4.61. The zero-order valence-electron chi connectivity index (χ0n) is 11.4. The van der Waals surface area contributed by atoms with Crippen LogP contribution in [0.4, 0.5) is 0 Å². The minimum atomic E-state index is -1.69. The van der Waals surface area contributed by atoms with Crippen molar-refractivity contribution in [1.82, 2.24) is 0 Å². The van der Waals surface area contributed by atoms with Gasteiger partial charge in [-0.25, -0.2) is 0 Å². The monoisotopic (exact) mass is 242 g/mol. The van der Waals surface area contributed by atoms with Gasteiger partial charge in [-0.3, -0.25) is 0 Å². The van der Waals surface area contributed by atoms with Gasteiger partial charge in [-0.05, 0) is 31.0 Å². The molecule has 1 saturated carbocycles. The Morgan fingerprint density at radius 3 is 2.12 bits per heavy atom. The maximum atomic E-state index is 11.2. The molecule has 3 heteroatoms. The van der Waals surface area contributed by atoms with Crippen molar-refractivity contribution in [3.8, 4) is 0 Å². The third kappa shape index (κ3) is 2.95. The summed E-state index contributed by atoms with van der Waals surface area (Å²) in [7, 11) is -1.69. The van der Waals surface area contributed by atoms with Crippen LogP contribution in [-0.4, -0.2) is 21.2 Å². The van der Waals surface area contributed by atoms with Gasteiger partial charge in [0, 0.05) is 12.0 Å². The average Bonchev–Trinajstić information content (AvgIpc) is 2.62. The summed E-state index contributed by atoms with van der Waals surface area (Å²) in [6.45, 7) is 11.9. The van der Waals surface area contributed by atoms with E-state index in [0.717, 1.165) is 19.1 Å². The van der Waals surface area contributed by atoms with Crippen LogP contribution in [0.15, 0.2) is 0 Å². The van der Waals surface area contributed by atoms with Crippen molar-refractivity contribution in [3.63, 3.8) is 0 Å². The summed E-state index contributed by atoms with van der Waals surface area (Å²) in [5.74, 6) is 0. The van der Waals surface area contributed by atoms with Gasteiger partial charge in [-0.2, -0.15) is 0 Å². The molecule has 0 amide bonds. The van der Waals surface area contributed by atoms with E-state index in [1.807, 2.05) is 0 Å². The second-order valence-corrected chi connectivity index (χ2v) is 11.5. The van der Waals surface area contributed by atoms with Crippen LogP contribution >= 0.6 is 0 Å². The van der Waals surface area contributed by atoms with E-state index in [2.05, 4.69) is 33.9 Å². The summed E-state index contributed by atoms with van der Waals surface area (Å²) < 4.78 is 6.18. The summed E-state index contributed by atoms with van der Waals surface area (Å²) in [4.78, 5) is 11.2. The number of carbonyl (C=O) groups excluding carboxylic acids is 1. The van der Waals surface area contributed by atoms with Gasteiger partial charge >= 0.3 is 0 Å². The first-order chi connectivity index (χ1) is 7.22. The molecule has 0 saturated heterocycles. The molecule has 0 bridgehead atoms. The van der Waals surface area contributed by atoms with Gasteiger partial charge in [0.15, 0.2) is 8.32 Å². The van der Waals surface area contributed by atoms with Crippen LogP contribution in [-0.2, 0) is 9.22 Å². The molecule has 0 aromatic heterocycles. The fourth-order valence-electron chi connectivity index (χ4n) is 1.92. The summed E-state index contributed by atoms with van der Waals surface area (Å²) in [5, 5.41) is 0.232. The van der Waals surface area contributed by atoms with Crippen molar-refractivity contribution < 1.29 is 9.22 Å². The molecule has 0 atom stereocenters. The zero-order chi connectivity index (χ0) is 12.4. The zero-order valence-corrected chi connectivity index (χ0v) is 12.4. The molecule has 94 valence electrons. The van der Waals surface area contributed by atoms with Gasteiger partial charge in [0.05, 0.1) is 0 Å². The summed E-state index contributed by atoms with van der Waals surface area (Å²) in [6.07, 6.45) is 5.54. The topological polar surface area (TPSA) is 26.3 Å². The molecule has 0 aromatic rings. The Bertz CT molecular complexity index is 247. The van der Waals surface area contributed by atoms with E-state index in [1.165, 1.54) is 12.8 Å². The minimum Gasteiger partial charge on any atom is -0.416 e. The second-order valence-electron chi connectivity index (χ2n) is 6.74. The number of aldehydes is 1. The smallest absolute Gasteiger partial charge is 0.192 e. The fraction of sp³-hybridized carbons (Fsp3) is 0.923. The summed E-state index contributed by atoms with van der Waals surface area (Å²) in [6, 6.07) is 0. The van der Waals surface area contributed by atoms with Gasteiger partial charge in [-0.15, -0.1) is 0 Å². The van der Waals surface area contributed by atoms with E-state index < -0.39 is 8.32 Å². The predicted molar refractivity (Wildman–Crippen MR) is 70.1 cm³/mol. The van der Waals surface area contributed by atoms with Crippen LogP contribution < -0.4 is 0 Å². The molecule has 2 nitrogen and oxygen atoms in total. The molecule has 1 rings (SSSR count). The Morgan fingerprint density at radius 2 is 1.75 bits per heavy atom. The van der Waals surface area contributed by atoms with E-state index in [1.54, 1.807) is 0 Å². The first-order valence-electron chi connectivity index (χ1n) is 6.33. The van der Waals surface area contributed by atoms with Crippen molar-refractivity contribution in [2.45, 2.75) is 64.6 Å². The van der Waals surface area contributed by atoms with Gasteiger partial charge in [0.2, 0.25) is 0 Å². The molecular weight excluding hydrogens is 216 g/mol. The standard InChI is InChI=1S/C13H26O2Si/c1-12(2,3)16(4,5)15-11-13(10-14)8-6-7-9-13/h10H,6-9,11H2,1-5H3. The van der Waals surface area contributed by atoms with E-state index in [9.17, 15) is 4.79 Å². The van der Waals surface area contributed by atoms with Crippen molar-refractivity contribution in [1.29, 1.82) is 0 Å². The highest BCUT2D eigenvalue weighted by Gasteiger charge is 2.41. The van der Waals surface area contributed by atoms with Crippen molar-refractivity contribution in [3.05, 3.63) is 0 Å². The highest BCUT2D eigenvalue weighted by molar-refractivity contribution is 6.74. The summed E-state index contributed by atoms with van der Waals surface area (Å²) in [5.41, 5.74) is -0.157. The number of carbonyl (C=O) groups is 1. The van der Waals surface area contributed by atoms with Crippen LogP contribution in [0, 0.1) is 5.41 Å². The largest absolute Gasteiger partial charge is 0.416 e. The predicted octanol–water partition coefficient (Wildman–Crippen LogP) is 3.77. The van der Waals surface area contributed by atoms with Crippen LogP contribution in [0.2, 0.25) is 18.1 Å². The Kier molecular flexibility index (Phi) is 4.01. The molecule has 1 aliphatic rings. The molecule has 16 heavy (non-hydrogen) atoms. The third-order valence-electron chi connectivity index (χ3n) is 4.38. The maximum Gasteiger partial charge on any atom is 0.192 e. The molecule has 0 aliphatic heterocycles. The van der Waals surface area contributed by atoms with E-state index in [4.69, 9.17) is 4.43 Å². The lowest BCUT2D eigenvalue weighted by molar-refractivity contribution is -0.117. The first-order valence-corrected chi connectivity index (χ1v) is 9.24. The van der Waals surface area contributed by atoms with Gasteiger partial charge < -0.3 is 9.22 Å². The van der Waals surface area contributed by atoms with Crippen molar-refractivity contribution >= 4 is 14.6 Å². The molecule has 1 fully saturated rings. The number of rotatable bonds is 4. The van der Waals surface area contributed by atoms with E-state index in [0.29, 0.717) is 6.61 Å². The molecule has 0 radical (unpaired) electrons. The average molecular weight is 242 g/mol. The van der Waals surface area contributed by atoms with Gasteiger partial charge in [0.25, 0.3) is 0 Å². The highest BCUT2D eigenvalue weighted by Crippen LogP contribution is 2.41. The van der Waals surface area contributed by atoms with Gasteiger partial charge in [0.1, 0.15) is 6.29 Å². The van der Waals surface area contributed by atoms with Crippen LogP contribution in [0.25, 0.3) is 0 Å². The highest BCUT2D eigenvalue weighted by atomic mass is 28.4. The molecule has 1 aliphatic carbocycles. The van der Waals surface area contributed by atoms with E-state index in [-0.39, 0.29) is 10.5 Å². The molecule has 0 heterocycles. The van der Waals surface area contributed by atoms with Crippen molar-refractivity contribution in [2.75, 3.05) is 6.61 Å². The SMILES string of the molecule is CC(C)(C)[Si](C)(C)OCC1(C=O)CCCC1. The lowest BCUT2D eigenvalue weighted by Crippen LogP contribution is -2.44. The maximum absolute atomic E-state index is 11.2. The lowest BCUT2D eigenvalue weighted by atomic mass is 9.90. The number of hydrogen-bond donors (Lipinski definition) is 0. The van der Waals surface area contributed by atoms with Crippen LogP contribution in [0.5, 0.6) is 0 Å². The Balaban J connectivity index is 2.59. The number of hydrogen-bond acceptors (Lipinski definition) is 2.